The fourth-order valence-corrected chi connectivity index (χ4v) is 2.05. The molecule has 1 heterocycles. The number of methoxy groups -OCH3 is 1. The Labute approximate surface area is 102 Å². The molecule has 1 unspecified atom stereocenters. The number of likely N-dealkylation sites (tertiary alicyclic amines) is 1. The van der Waals surface area contributed by atoms with Gasteiger partial charge in [0.05, 0.1) is 6.61 Å². The highest BCUT2D eigenvalue weighted by Gasteiger charge is 2.45. The van der Waals surface area contributed by atoms with Crippen molar-refractivity contribution >= 4 is 12.4 Å². The Morgan fingerprint density at radius 3 is 2.59 bits per heavy atom. The number of rotatable bonds is 3. The highest BCUT2D eigenvalue weighted by molar-refractivity contribution is 5.78. The molecule has 0 aromatic carbocycles. The van der Waals surface area contributed by atoms with E-state index in [-0.39, 0.29) is 6.61 Å². The monoisotopic (exact) mass is 243 g/mol. The maximum Gasteiger partial charge on any atom is 0.411 e. The summed E-state index contributed by atoms with van der Waals surface area (Å²) in [6.45, 7) is 6.17. The molecule has 0 aliphatic carbocycles. The molecule has 0 aromatic rings. The van der Waals surface area contributed by atoms with Crippen molar-refractivity contribution in [1.82, 2.24) is 4.90 Å². The van der Waals surface area contributed by atoms with E-state index in [1.807, 2.05) is 0 Å². The molecule has 0 saturated carbocycles. The molecule has 1 atom stereocenters. The number of nitrogens with zero attached hydrogens (tertiary/aromatic N) is 1. The quantitative estimate of drug-likeness (QED) is 0.706. The van der Waals surface area contributed by atoms with E-state index in [4.69, 9.17) is 9.47 Å². The molecule has 0 bridgehead atoms. The van der Waals surface area contributed by atoms with Crippen LogP contribution in [0.5, 0.6) is 0 Å². The SMILES string of the molecule is COCC1(C=O)CCCN1C(=O)OC(C)(C)C. The summed E-state index contributed by atoms with van der Waals surface area (Å²) in [6, 6.07) is 0. The number of carbonyl (C=O) groups excluding carboxylic acids is 2. The normalized spacial score (nSPS) is 24.8. The predicted octanol–water partition coefficient (Wildman–Crippen LogP) is 1.60. The van der Waals surface area contributed by atoms with Crippen molar-refractivity contribution in [2.45, 2.75) is 44.8 Å². The number of carbonyl (C=O) groups is 2. The molecule has 17 heavy (non-hydrogen) atoms. The minimum atomic E-state index is -0.850. The Balaban J connectivity index is 2.81. The molecule has 0 aromatic heterocycles. The minimum Gasteiger partial charge on any atom is -0.444 e. The largest absolute Gasteiger partial charge is 0.444 e. The van der Waals surface area contributed by atoms with Gasteiger partial charge in [0.25, 0.3) is 0 Å². The van der Waals surface area contributed by atoms with Crippen LogP contribution in [0.3, 0.4) is 0 Å². The summed E-state index contributed by atoms with van der Waals surface area (Å²) >= 11 is 0. The number of hydrogen-bond donors (Lipinski definition) is 0. The fourth-order valence-electron chi connectivity index (χ4n) is 2.05. The van der Waals surface area contributed by atoms with Gasteiger partial charge in [-0.05, 0) is 33.6 Å². The molecular formula is C12H21NO4. The second kappa shape index (κ2) is 5.04. The van der Waals surface area contributed by atoms with E-state index >= 15 is 0 Å². The smallest absolute Gasteiger partial charge is 0.411 e. The van der Waals surface area contributed by atoms with Crippen LogP contribution in [0.1, 0.15) is 33.6 Å². The third kappa shape index (κ3) is 3.19. The van der Waals surface area contributed by atoms with Gasteiger partial charge in [-0.25, -0.2) is 4.79 Å². The van der Waals surface area contributed by atoms with E-state index in [2.05, 4.69) is 0 Å². The van der Waals surface area contributed by atoms with Crippen LogP contribution >= 0.6 is 0 Å². The van der Waals surface area contributed by atoms with Crippen LogP contribution in [0.25, 0.3) is 0 Å². The Kier molecular flexibility index (Phi) is 4.14. The van der Waals surface area contributed by atoms with Crippen LogP contribution in [0.4, 0.5) is 4.79 Å². The summed E-state index contributed by atoms with van der Waals surface area (Å²) in [5.74, 6) is 0. The van der Waals surface area contributed by atoms with Crippen LogP contribution < -0.4 is 0 Å². The van der Waals surface area contributed by atoms with Crippen molar-refractivity contribution in [3.05, 3.63) is 0 Å². The summed E-state index contributed by atoms with van der Waals surface area (Å²) in [5.41, 5.74) is -1.40. The van der Waals surface area contributed by atoms with E-state index in [0.29, 0.717) is 13.0 Å². The molecule has 98 valence electrons. The van der Waals surface area contributed by atoms with Crippen molar-refractivity contribution < 1.29 is 19.1 Å². The first-order valence-corrected chi connectivity index (χ1v) is 5.80. The van der Waals surface area contributed by atoms with E-state index in [9.17, 15) is 9.59 Å². The Bertz CT molecular complexity index is 297. The summed E-state index contributed by atoms with van der Waals surface area (Å²) in [6.07, 6.45) is 1.78. The maximum absolute atomic E-state index is 12.0. The van der Waals surface area contributed by atoms with Gasteiger partial charge in [0.1, 0.15) is 17.4 Å². The lowest BCUT2D eigenvalue weighted by molar-refractivity contribution is -0.120. The first-order chi connectivity index (χ1) is 7.84. The summed E-state index contributed by atoms with van der Waals surface area (Å²) < 4.78 is 10.3. The van der Waals surface area contributed by atoms with Crippen molar-refractivity contribution in [3.63, 3.8) is 0 Å². The zero-order valence-electron chi connectivity index (χ0n) is 11.0. The van der Waals surface area contributed by atoms with E-state index in [1.165, 1.54) is 12.0 Å². The van der Waals surface area contributed by atoms with Gasteiger partial charge < -0.3 is 14.3 Å². The van der Waals surface area contributed by atoms with Gasteiger partial charge in [-0.1, -0.05) is 0 Å². The second-order valence-corrected chi connectivity index (χ2v) is 5.39. The van der Waals surface area contributed by atoms with Gasteiger partial charge >= 0.3 is 6.09 Å². The topological polar surface area (TPSA) is 55.8 Å². The van der Waals surface area contributed by atoms with E-state index in [0.717, 1.165) is 12.7 Å². The molecule has 0 radical (unpaired) electrons. The molecule has 1 saturated heterocycles. The highest BCUT2D eigenvalue weighted by Crippen LogP contribution is 2.29. The number of aldehydes is 1. The van der Waals surface area contributed by atoms with Gasteiger partial charge in [0.15, 0.2) is 0 Å². The lowest BCUT2D eigenvalue weighted by Gasteiger charge is -2.34. The van der Waals surface area contributed by atoms with Crippen molar-refractivity contribution in [2.24, 2.45) is 0 Å². The van der Waals surface area contributed by atoms with E-state index in [1.54, 1.807) is 20.8 Å². The van der Waals surface area contributed by atoms with Crippen molar-refractivity contribution in [3.8, 4) is 0 Å². The van der Waals surface area contributed by atoms with Crippen molar-refractivity contribution in [1.29, 1.82) is 0 Å². The maximum atomic E-state index is 12.0. The molecule has 1 fully saturated rings. The zero-order chi connectivity index (χ0) is 13.1. The first kappa shape index (κ1) is 14.0. The average Bonchev–Trinajstić information content (AvgIpc) is 2.60. The number of amides is 1. The van der Waals surface area contributed by atoms with Gasteiger partial charge in [-0.3, -0.25) is 4.90 Å². The zero-order valence-corrected chi connectivity index (χ0v) is 11.0. The standard InChI is InChI=1S/C12H21NO4/c1-11(2,3)17-10(15)13-7-5-6-12(13,8-14)9-16-4/h8H,5-7,9H2,1-4H3. The third-order valence-corrected chi connectivity index (χ3v) is 2.76. The molecule has 5 heteroatoms. The van der Waals surface area contributed by atoms with E-state index < -0.39 is 17.2 Å². The Hall–Kier alpha value is -1.10. The lowest BCUT2D eigenvalue weighted by atomic mass is 10.00. The van der Waals surface area contributed by atoms with Crippen LogP contribution in [-0.2, 0) is 14.3 Å². The summed E-state index contributed by atoms with van der Waals surface area (Å²) in [4.78, 5) is 24.8. The number of ether oxygens (including phenoxy) is 2. The van der Waals surface area contributed by atoms with Gasteiger partial charge in [-0.2, -0.15) is 0 Å². The van der Waals surface area contributed by atoms with Crippen LogP contribution in [-0.4, -0.2) is 48.7 Å². The van der Waals surface area contributed by atoms with Gasteiger partial charge in [-0.15, -0.1) is 0 Å². The third-order valence-electron chi connectivity index (χ3n) is 2.76. The predicted molar refractivity (Wildman–Crippen MR) is 62.8 cm³/mol. The average molecular weight is 243 g/mol. The summed E-state index contributed by atoms with van der Waals surface area (Å²) in [5, 5.41) is 0. The minimum absolute atomic E-state index is 0.218. The molecule has 1 aliphatic rings. The second-order valence-electron chi connectivity index (χ2n) is 5.39. The van der Waals surface area contributed by atoms with Crippen LogP contribution in [0, 0.1) is 0 Å². The van der Waals surface area contributed by atoms with Gasteiger partial charge in [0, 0.05) is 13.7 Å². The molecule has 0 spiro atoms. The molecular weight excluding hydrogens is 222 g/mol. The Morgan fingerprint density at radius 2 is 2.12 bits per heavy atom. The molecule has 5 nitrogen and oxygen atoms in total. The van der Waals surface area contributed by atoms with Crippen LogP contribution in [0.15, 0.2) is 0 Å². The fraction of sp³-hybridized carbons (Fsp3) is 0.833. The number of hydrogen-bond acceptors (Lipinski definition) is 4. The van der Waals surface area contributed by atoms with Crippen LogP contribution in [0.2, 0.25) is 0 Å². The first-order valence-electron chi connectivity index (χ1n) is 5.80. The van der Waals surface area contributed by atoms with Gasteiger partial charge in [0.2, 0.25) is 0 Å². The highest BCUT2D eigenvalue weighted by atomic mass is 16.6. The van der Waals surface area contributed by atoms with Crippen molar-refractivity contribution in [2.75, 3.05) is 20.3 Å². The molecule has 1 aliphatic heterocycles. The molecule has 0 N–H and O–H groups in total. The lowest BCUT2D eigenvalue weighted by Crippen LogP contribution is -2.53. The molecule has 1 amide bonds. The molecule has 1 rings (SSSR count). The summed E-state index contributed by atoms with van der Waals surface area (Å²) in [7, 11) is 1.52. The Morgan fingerprint density at radius 1 is 1.47 bits per heavy atom.